The van der Waals surface area contributed by atoms with Crippen molar-refractivity contribution in [3.05, 3.63) is 17.6 Å². The maximum Gasteiger partial charge on any atom is 0.270 e. The molecule has 5 heteroatoms. The van der Waals surface area contributed by atoms with Crippen LogP contribution >= 0.6 is 0 Å². The van der Waals surface area contributed by atoms with Crippen molar-refractivity contribution < 1.29 is 4.79 Å². The summed E-state index contributed by atoms with van der Waals surface area (Å²) in [5, 5.41) is 6.11. The van der Waals surface area contributed by atoms with E-state index >= 15 is 0 Å². The number of amides is 1. The zero-order valence-corrected chi connectivity index (χ0v) is 12.5. The first-order chi connectivity index (χ1) is 8.81. The highest BCUT2D eigenvalue weighted by atomic mass is 16.1. The highest BCUT2D eigenvalue weighted by molar-refractivity contribution is 5.92. The molecule has 1 aromatic heterocycles. The molecule has 0 aromatic carbocycles. The average Bonchev–Trinajstić information content (AvgIpc) is 2.26. The standard InChI is InChI=1S/C14H24N4O/c1-6-7-8-15-13(19)11-9-12(17-10(2)16-11)18-14(3,4)5/h9H,6-8H2,1-5H3,(H,15,19)(H,16,17,18). The third-order valence-corrected chi connectivity index (χ3v) is 2.39. The van der Waals surface area contributed by atoms with Crippen molar-refractivity contribution in [2.24, 2.45) is 0 Å². The van der Waals surface area contributed by atoms with Gasteiger partial charge < -0.3 is 10.6 Å². The molecule has 1 heterocycles. The lowest BCUT2D eigenvalue weighted by Gasteiger charge is -2.21. The molecular formula is C14H24N4O. The van der Waals surface area contributed by atoms with Crippen LogP contribution in [0.3, 0.4) is 0 Å². The molecule has 0 bridgehead atoms. The molecule has 0 radical (unpaired) electrons. The normalized spacial score (nSPS) is 11.2. The fraction of sp³-hybridized carbons (Fsp3) is 0.643. The summed E-state index contributed by atoms with van der Waals surface area (Å²) in [5.74, 6) is 1.13. The molecule has 106 valence electrons. The molecule has 0 saturated heterocycles. The largest absolute Gasteiger partial charge is 0.365 e. The molecule has 0 spiro atoms. The van der Waals surface area contributed by atoms with Crippen molar-refractivity contribution in [1.29, 1.82) is 0 Å². The van der Waals surface area contributed by atoms with Gasteiger partial charge in [0, 0.05) is 18.2 Å². The maximum atomic E-state index is 12.0. The number of carbonyl (C=O) groups excluding carboxylic acids is 1. The van der Waals surface area contributed by atoms with Gasteiger partial charge in [0.15, 0.2) is 0 Å². The summed E-state index contributed by atoms with van der Waals surface area (Å²) in [6.07, 6.45) is 2.03. The zero-order chi connectivity index (χ0) is 14.5. The molecule has 0 aliphatic rings. The van der Waals surface area contributed by atoms with Crippen molar-refractivity contribution in [3.8, 4) is 0 Å². The van der Waals surface area contributed by atoms with E-state index in [1.54, 1.807) is 13.0 Å². The molecule has 0 aliphatic heterocycles. The van der Waals surface area contributed by atoms with Crippen LogP contribution in [0.2, 0.25) is 0 Å². The Hall–Kier alpha value is -1.65. The van der Waals surface area contributed by atoms with Gasteiger partial charge in [0.25, 0.3) is 5.91 Å². The molecule has 2 N–H and O–H groups in total. The third kappa shape index (κ3) is 5.68. The first-order valence-corrected chi connectivity index (χ1v) is 6.74. The summed E-state index contributed by atoms with van der Waals surface area (Å²) < 4.78 is 0. The summed E-state index contributed by atoms with van der Waals surface area (Å²) in [7, 11) is 0. The van der Waals surface area contributed by atoms with Crippen LogP contribution < -0.4 is 10.6 Å². The Morgan fingerprint density at radius 2 is 2.00 bits per heavy atom. The molecule has 1 amide bonds. The van der Waals surface area contributed by atoms with Gasteiger partial charge in [0.2, 0.25) is 0 Å². The van der Waals surface area contributed by atoms with Crippen molar-refractivity contribution in [2.45, 2.75) is 53.0 Å². The predicted molar refractivity (Wildman–Crippen MR) is 77.4 cm³/mol. The number of nitrogens with zero attached hydrogens (tertiary/aromatic N) is 2. The van der Waals surface area contributed by atoms with Crippen molar-refractivity contribution >= 4 is 11.7 Å². The van der Waals surface area contributed by atoms with E-state index in [2.05, 4.69) is 27.5 Å². The highest BCUT2D eigenvalue weighted by Gasteiger charge is 2.14. The van der Waals surface area contributed by atoms with Gasteiger partial charge >= 0.3 is 0 Å². The lowest BCUT2D eigenvalue weighted by atomic mass is 10.1. The Labute approximate surface area is 115 Å². The van der Waals surface area contributed by atoms with Gasteiger partial charge in [-0.2, -0.15) is 0 Å². The number of carbonyl (C=O) groups is 1. The van der Waals surface area contributed by atoms with Gasteiger partial charge in [-0.15, -0.1) is 0 Å². The van der Waals surface area contributed by atoms with Crippen molar-refractivity contribution in [2.75, 3.05) is 11.9 Å². The fourth-order valence-corrected chi connectivity index (χ4v) is 1.60. The second kappa shape index (κ2) is 6.50. The molecule has 0 fully saturated rings. The second-order valence-electron chi connectivity index (χ2n) is 5.67. The molecule has 19 heavy (non-hydrogen) atoms. The van der Waals surface area contributed by atoms with Crippen LogP contribution in [0.15, 0.2) is 6.07 Å². The molecule has 0 aliphatic carbocycles. The molecule has 0 unspecified atom stereocenters. The number of nitrogens with one attached hydrogen (secondary N) is 2. The van der Waals surface area contributed by atoms with Gasteiger partial charge in [-0.25, -0.2) is 9.97 Å². The van der Waals surface area contributed by atoms with E-state index in [1.807, 2.05) is 20.8 Å². The van der Waals surface area contributed by atoms with Crippen molar-refractivity contribution in [3.63, 3.8) is 0 Å². The first kappa shape index (κ1) is 15.4. The number of hydrogen-bond acceptors (Lipinski definition) is 4. The lowest BCUT2D eigenvalue weighted by Crippen LogP contribution is -2.29. The van der Waals surface area contributed by atoms with Crippen LogP contribution in [0.25, 0.3) is 0 Å². The highest BCUT2D eigenvalue weighted by Crippen LogP contribution is 2.13. The molecule has 1 aromatic rings. The Kier molecular flexibility index (Phi) is 5.27. The Morgan fingerprint density at radius 1 is 1.32 bits per heavy atom. The van der Waals surface area contributed by atoms with Gasteiger partial charge in [-0.1, -0.05) is 13.3 Å². The van der Waals surface area contributed by atoms with E-state index in [0.717, 1.165) is 12.8 Å². The van der Waals surface area contributed by atoms with E-state index in [-0.39, 0.29) is 11.4 Å². The van der Waals surface area contributed by atoms with E-state index < -0.39 is 0 Å². The van der Waals surface area contributed by atoms with E-state index in [0.29, 0.717) is 23.9 Å². The van der Waals surface area contributed by atoms with Crippen LogP contribution in [0, 0.1) is 6.92 Å². The number of unbranched alkanes of at least 4 members (excludes halogenated alkanes) is 1. The summed E-state index contributed by atoms with van der Waals surface area (Å²) in [6.45, 7) is 10.7. The Bertz CT molecular complexity index is 438. The topological polar surface area (TPSA) is 66.9 Å². The summed E-state index contributed by atoms with van der Waals surface area (Å²) in [4.78, 5) is 20.4. The summed E-state index contributed by atoms with van der Waals surface area (Å²) in [5.41, 5.74) is 0.312. The molecule has 1 rings (SSSR count). The minimum atomic E-state index is -0.143. The average molecular weight is 264 g/mol. The van der Waals surface area contributed by atoms with E-state index in [4.69, 9.17) is 0 Å². The van der Waals surface area contributed by atoms with Crippen LogP contribution in [-0.4, -0.2) is 28.0 Å². The number of anilines is 1. The van der Waals surface area contributed by atoms with Crippen LogP contribution in [0.1, 0.15) is 56.8 Å². The van der Waals surface area contributed by atoms with E-state index in [1.165, 1.54) is 0 Å². The van der Waals surface area contributed by atoms with Crippen LogP contribution in [-0.2, 0) is 0 Å². The Morgan fingerprint density at radius 3 is 2.58 bits per heavy atom. The van der Waals surface area contributed by atoms with Gasteiger partial charge in [0.05, 0.1) is 0 Å². The zero-order valence-electron chi connectivity index (χ0n) is 12.5. The van der Waals surface area contributed by atoms with Crippen LogP contribution in [0.4, 0.5) is 5.82 Å². The molecule has 0 atom stereocenters. The van der Waals surface area contributed by atoms with Crippen molar-refractivity contribution in [1.82, 2.24) is 15.3 Å². The first-order valence-electron chi connectivity index (χ1n) is 6.74. The number of rotatable bonds is 5. The number of aromatic nitrogens is 2. The monoisotopic (exact) mass is 264 g/mol. The summed E-state index contributed by atoms with van der Waals surface area (Å²) in [6, 6.07) is 1.69. The van der Waals surface area contributed by atoms with Crippen LogP contribution in [0.5, 0.6) is 0 Å². The van der Waals surface area contributed by atoms with E-state index in [9.17, 15) is 4.79 Å². The SMILES string of the molecule is CCCCNC(=O)c1cc(NC(C)(C)C)nc(C)n1. The summed E-state index contributed by atoms with van der Waals surface area (Å²) >= 11 is 0. The predicted octanol–water partition coefficient (Wildman–Crippen LogP) is 2.53. The quantitative estimate of drug-likeness (QED) is 0.802. The molecule has 0 saturated carbocycles. The number of hydrogen-bond donors (Lipinski definition) is 2. The smallest absolute Gasteiger partial charge is 0.270 e. The van der Waals surface area contributed by atoms with Gasteiger partial charge in [0.1, 0.15) is 17.3 Å². The maximum absolute atomic E-state index is 12.0. The molecular weight excluding hydrogens is 240 g/mol. The third-order valence-electron chi connectivity index (χ3n) is 2.39. The lowest BCUT2D eigenvalue weighted by molar-refractivity contribution is 0.0948. The minimum absolute atomic E-state index is 0.100. The van der Waals surface area contributed by atoms with Gasteiger partial charge in [-0.3, -0.25) is 4.79 Å². The number of aryl methyl sites for hydroxylation is 1. The fourth-order valence-electron chi connectivity index (χ4n) is 1.60. The minimum Gasteiger partial charge on any atom is -0.365 e. The Balaban J connectivity index is 2.81. The van der Waals surface area contributed by atoms with Gasteiger partial charge in [-0.05, 0) is 34.1 Å². The molecule has 5 nitrogen and oxygen atoms in total. The second-order valence-corrected chi connectivity index (χ2v) is 5.67.